The largest absolute Gasteiger partial charge is 0.231 e. The third-order valence-corrected chi connectivity index (χ3v) is 3.56. The van der Waals surface area contributed by atoms with Gasteiger partial charge in [-0.3, -0.25) is 0 Å². The van der Waals surface area contributed by atoms with Crippen molar-refractivity contribution in [3.63, 3.8) is 0 Å². The zero-order chi connectivity index (χ0) is 11.5. The number of aromatic nitrogens is 3. The minimum Gasteiger partial charge on any atom is -0.231 e. The number of halogens is 3. The number of hydrogen-bond donors (Lipinski definition) is 0. The third-order valence-electron chi connectivity index (χ3n) is 1.58. The molecule has 0 saturated heterocycles. The van der Waals surface area contributed by atoms with E-state index in [1.165, 1.54) is 11.8 Å². The van der Waals surface area contributed by atoms with Gasteiger partial charge in [-0.15, -0.1) is 0 Å². The van der Waals surface area contributed by atoms with Gasteiger partial charge < -0.3 is 0 Å². The summed E-state index contributed by atoms with van der Waals surface area (Å²) in [7, 11) is 0. The fourth-order valence-corrected chi connectivity index (χ4v) is 2.28. The quantitative estimate of drug-likeness (QED) is 0.620. The minimum absolute atomic E-state index is 0.212. The number of pyridine rings is 1. The van der Waals surface area contributed by atoms with Crippen molar-refractivity contribution in [2.75, 3.05) is 0 Å². The molecule has 0 unspecified atom stereocenters. The molecule has 0 N–H and O–H groups in total. The molecule has 0 bridgehead atoms. The maximum Gasteiger partial charge on any atom is 0.193 e. The summed E-state index contributed by atoms with van der Waals surface area (Å²) < 4.78 is 0. The molecule has 0 spiro atoms. The zero-order valence-corrected chi connectivity index (χ0v) is 10.8. The van der Waals surface area contributed by atoms with Crippen molar-refractivity contribution in [1.29, 1.82) is 0 Å². The second kappa shape index (κ2) is 5.19. The predicted molar refractivity (Wildman–Crippen MR) is 65.4 cm³/mol. The molecule has 2 heterocycles. The highest BCUT2D eigenvalue weighted by Gasteiger charge is 2.10. The van der Waals surface area contributed by atoms with Crippen LogP contribution in [0.15, 0.2) is 34.7 Å². The summed E-state index contributed by atoms with van der Waals surface area (Å²) in [5.41, 5.74) is 0. The lowest BCUT2D eigenvalue weighted by molar-refractivity contribution is 0.960. The summed E-state index contributed by atoms with van der Waals surface area (Å²) in [6.45, 7) is 0. The first kappa shape index (κ1) is 11.9. The number of rotatable bonds is 2. The molecule has 2 aromatic rings. The molecule has 0 aromatic carbocycles. The van der Waals surface area contributed by atoms with E-state index >= 15 is 0 Å². The van der Waals surface area contributed by atoms with Crippen molar-refractivity contribution in [3.05, 3.63) is 39.7 Å². The third kappa shape index (κ3) is 2.77. The van der Waals surface area contributed by atoms with Gasteiger partial charge in [0, 0.05) is 12.4 Å². The standard InChI is InChI=1S/C9H4Cl3N3S/c10-5-4-6(11)8(15-7(5)12)16-9-13-2-1-3-14-9/h1-4H. The predicted octanol–water partition coefficient (Wildman–Crippen LogP) is 3.98. The van der Waals surface area contributed by atoms with Crippen molar-refractivity contribution < 1.29 is 0 Å². The fourth-order valence-electron chi connectivity index (χ4n) is 0.925. The molecule has 2 aromatic heterocycles. The van der Waals surface area contributed by atoms with E-state index < -0.39 is 0 Å². The summed E-state index contributed by atoms with van der Waals surface area (Å²) in [5, 5.41) is 2.04. The van der Waals surface area contributed by atoms with E-state index in [0.29, 0.717) is 20.2 Å². The maximum absolute atomic E-state index is 5.97. The second-order valence-corrected chi connectivity index (χ2v) is 4.81. The topological polar surface area (TPSA) is 38.7 Å². The van der Waals surface area contributed by atoms with Crippen LogP contribution in [0, 0.1) is 0 Å². The summed E-state index contributed by atoms with van der Waals surface area (Å²) in [6.07, 6.45) is 3.28. The van der Waals surface area contributed by atoms with Crippen LogP contribution in [0.25, 0.3) is 0 Å². The van der Waals surface area contributed by atoms with Gasteiger partial charge in [-0.1, -0.05) is 34.8 Å². The molecule has 0 aliphatic rings. The van der Waals surface area contributed by atoms with Crippen LogP contribution >= 0.6 is 46.6 Å². The molecule has 0 radical (unpaired) electrons. The average molecular weight is 293 g/mol. The highest BCUT2D eigenvalue weighted by Crippen LogP contribution is 2.33. The van der Waals surface area contributed by atoms with Gasteiger partial charge in [-0.05, 0) is 23.9 Å². The van der Waals surface area contributed by atoms with Crippen LogP contribution in [-0.2, 0) is 0 Å². The van der Waals surface area contributed by atoms with Crippen LogP contribution in [0.5, 0.6) is 0 Å². The monoisotopic (exact) mass is 291 g/mol. The van der Waals surface area contributed by atoms with Gasteiger partial charge in [0.25, 0.3) is 0 Å². The van der Waals surface area contributed by atoms with E-state index in [-0.39, 0.29) is 5.15 Å². The van der Waals surface area contributed by atoms with Crippen LogP contribution in [0.4, 0.5) is 0 Å². The smallest absolute Gasteiger partial charge is 0.193 e. The Hall–Kier alpha value is -0.550. The van der Waals surface area contributed by atoms with Gasteiger partial charge in [-0.2, -0.15) is 0 Å². The Morgan fingerprint density at radius 1 is 1.00 bits per heavy atom. The number of nitrogens with zero attached hydrogens (tertiary/aromatic N) is 3. The lowest BCUT2D eigenvalue weighted by Gasteiger charge is -2.03. The normalized spacial score (nSPS) is 10.4. The molecule has 0 atom stereocenters. The van der Waals surface area contributed by atoms with Crippen molar-refractivity contribution in [3.8, 4) is 0 Å². The summed E-state index contributed by atoms with van der Waals surface area (Å²) in [4.78, 5) is 12.1. The summed E-state index contributed by atoms with van der Waals surface area (Å²) >= 11 is 18.8. The first-order valence-corrected chi connectivity index (χ1v) is 6.08. The Labute approximate surface area is 111 Å². The number of hydrogen-bond acceptors (Lipinski definition) is 4. The van der Waals surface area contributed by atoms with Gasteiger partial charge in [0.15, 0.2) is 5.16 Å². The van der Waals surface area contributed by atoms with Crippen molar-refractivity contribution >= 4 is 46.6 Å². The molecule has 2 rings (SSSR count). The Bertz CT molecular complexity index is 507. The molecule has 0 amide bonds. The van der Waals surface area contributed by atoms with Gasteiger partial charge in [0.05, 0.1) is 10.0 Å². The minimum atomic E-state index is 0.212. The van der Waals surface area contributed by atoms with Crippen molar-refractivity contribution in [1.82, 2.24) is 15.0 Å². The Morgan fingerprint density at radius 3 is 2.38 bits per heavy atom. The Morgan fingerprint density at radius 2 is 1.69 bits per heavy atom. The maximum atomic E-state index is 5.97. The van der Waals surface area contributed by atoms with E-state index in [4.69, 9.17) is 34.8 Å². The van der Waals surface area contributed by atoms with Crippen LogP contribution in [-0.4, -0.2) is 15.0 Å². The highest BCUT2D eigenvalue weighted by atomic mass is 35.5. The first-order valence-electron chi connectivity index (χ1n) is 4.13. The molecule has 82 valence electrons. The van der Waals surface area contributed by atoms with Gasteiger partial charge >= 0.3 is 0 Å². The van der Waals surface area contributed by atoms with E-state index in [1.54, 1.807) is 24.5 Å². The molecule has 3 nitrogen and oxygen atoms in total. The van der Waals surface area contributed by atoms with Gasteiger partial charge in [-0.25, -0.2) is 15.0 Å². The molecular weight excluding hydrogens is 289 g/mol. The molecule has 0 saturated carbocycles. The molecule has 0 aliphatic carbocycles. The lowest BCUT2D eigenvalue weighted by Crippen LogP contribution is -1.88. The van der Waals surface area contributed by atoms with E-state index in [1.807, 2.05) is 0 Å². The van der Waals surface area contributed by atoms with E-state index in [0.717, 1.165) is 0 Å². The average Bonchev–Trinajstić information content (AvgIpc) is 2.27. The van der Waals surface area contributed by atoms with Crippen LogP contribution in [0.1, 0.15) is 0 Å². The van der Waals surface area contributed by atoms with E-state index in [2.05, 4.69) is 15.0 Å². The zero-order valence-electron chi connectivity index (χ0n) is 7.69. The first-order chi connectivity index (χ1) is 7.66. The lowest BCUT2D eigenvalue weighted by atomic mass is 10.5. The van der Waals surface area contributed by atoms with Crippen molar-refractivity contribution in [2.45, 2.75) is 10.2 Å². The molecule has 0 aliphatic heterocycles. The van der Waals surface area contributed by atoms with Gasteiger partial charge in [0.2, 0.25) is 0 Å². The Kier molecular flexibility index (Phi) is 3.86. The summed E-state index contributed by atoms with van der Waals surface area (Å²) in [5.74, 6) is 0. The van der Waals surface area contributed by atoms with Crippen LogP contribution < -0.4 is 0 Å². The molecule has 0 fully saturated rings. The fraction of sp³-hybridized carbons (Fsp3) is 0. The summed E-state index contributed by atoms with van der Waals surface area (Å²) in [6, 6.07) is 3.28. The highest BCUT2D eigenvalue weighted by molar-refractivity contribution is 7.99. The van der Waals surface area contributed by atoms with E-state index in [9.17, 15) is 0 Å². The Balaban J connectivity index is 2.32. The molecule has 7 heteroatoms. The van der Waals surface area contributed by atoms with Crippen LogP contribution in [0.2, 0.25) is 15.2 Å². The van der Waals surface area contributed by atoms with Crippen molar-refractivity contribution in [2.24, 2.45) is 0 Å². The SMILES string of the molecule is Clc1cc(Cl)c(Sc2ncccn2)nc1Cl. The van der Waals surface area contributed by atoms with Crippen LogP contribution in [0.3, 0.4) is 0 Å². The molecular formula is C9H4Cl3N3S. The second-order valence-electron chi connectivity index (χ2n) is 2.68. The van der Waals surface area contributed by atoms with Gasteiger partial charge in [0.1, 0.15) is 10.2 Å². The molecule has 16 heavy (non-hydrogen) atoms.